The van der Waals surface area contributed by atoms with Gasteiger partial charge in [-0.05, 0) is 73.7 Å². The molecule has 0 bridgehead atoms. The monoisotopic (exact) mass is 659 g/mol. The van der Waals surface area contributed by atoms with Crippen molar-refractivity contribution in [2.75, 3.05) is 17.4 Å². The molecule has 7 nitrogen and oxygen atoms in total. The molecule has 4 aromatic rings. The van der Waals surface area contributed by atoms with Gasteiger partial charge in [-0.25, -0.2) is 8.42 Å². The van der Waals surface area contributed by atoms with Crippen LogP contribution >= 0.6 is 11.6 Å². The maximum Gasteiger partial charge on any atom is 0.264 e. The number of amides is 2. The van der Waals surface area contributed by atoms with Crippen molar-refractivity contribution in [2.24, 2.45) is 0 Å². The number of rotatable bonds is 14. The van der Waals surface area contributed by atoms with Crippen LogP contribution in [0.4, 0.5) is 5.69 Å². The molecular formula is C37H42ClN3O4S. The van der Waals surface area contributed by atoms with Crippen LogP contribution in [0.25, 0.3) is 0 Å². The van der Waals surface area contributed by atoms with Crippen LogP contribution in [-0.2, 0) is 32.6 Å². The van der Waals surface area contributed by atoms with Crippen molar-refractivity contribution in [1.82, 2.24) is 10.2 Å². The summed E-state index contributed by atoms with van der Waals surface area (Å²) in [5.41, 5.74) is 4.46. The van der Waals surface area contributed by atoms with E-state index in [-0.39, 0.29) is 23.8 Å². The first-order valence-electron chi connectivity index (χ1n) is 15.5. The lowest BCUT2D eigenvalue weighted by molar-refractivity contribution is -0.140. The molecule has 0 aromatic heterocycles. The lowest BCUT2D eigenvalue weighted by atomic mass is 10.0. The van der Waals surface area contributed by atoms with Gasteiger partial charge in [0.15, 0.2) is 0 Å². The van der Waals surface area contributed by atoms with Crippen LogP contribution in [0.3, 0.4) is 0 Å². The number of carbonyl (C=O) groups excluding carboxylic acids is 2. The van der Waals surface area contributed by atoms with E-state index < -0.39 is 28.5 Å². The van der Waals surface area contributed by atoms with Crippen molar-refractivity contribution in [3.8, 4) is 0 Å². The highest BCUT2D eigenvalue weighted by atomic mass is 35.5. The standard InChI is InChI=1S/C37H42ClN3O4S/c1-5-6-23-39-37(43)35(24-30-14-8-7-9-15-30)40(25-31-16-10-11-17-33(31)38)36(42)26-41(34-18-12-13-28(3)29(34)4)46(44,45)32-21-19-27(2)20-22-32/h7-22,35H,5-6,23-26H2,1-4H3,(H,39,43)/t35-/m1/s1. The van der Waals surface area contributed by atoms with Crippen LogP contribution in [0, 0.1) is 20.8 Å². The summed E-state index contributed by atoms with van der Waals surface area (Å²) in [5, 5.41) is 3.45. The lowest BCUT2D eigenvalue weighted by Gasteiger charge is -2.34. The van der Waals surface area contributed by atoms with Gasteiger partial charge in [0.1, 0.15) is 12.6 Å². The van der Waals surface area contributed by atoms with E-state index in [2.05, 4.69) is 5.32 Å². The second kappa shape index (κ2) is 15.9. The Balaban J connectivity index is 1.83. The first-order valence-corrected chi connectivity index (χ1v) is 17.3. The van der Waals surface area contributed by atoms with Gasteiger partial charge in [0.05, 0.1) is 10.6 Å². The molecule has 0 aliphatic heterocycles. The quantitative estimate of drug-likeness (QED) is 0.148. The van der Waals surface area contributed by atoms with Crippen LogP contribution in [0.15, 0.2) is 102 Å². The summed E-state index contributed by atoms with van der Waals surface area (Å²) in [5.74, 6) is -0.833. The fourth-order valence-electron chi connectivity index (χ4n) is 5.23. The second-order valence-electron chi connectivity index (χ2n) is 11.5. The molecule has 1 atom stereocenters. The van der Waals surface area contributed by atoms with Gasteiger partial charge in [0, 0.05) is 24.5 Å². The third-order valence-corrected chi connectivity index (χ3v) is 10.3. The first-order chi connectivity index (χ1) is 22.0. The van der Waals surface area contributed by atoms with Gasteiger partial charge in [-0.3, -0.25) is 13.9 Å². The summed E-state index contributed by atoms with van der Waals surface area (Å²) in [6.45, 7) is 7.63. The molecule has 242 valence electrons. The highest BCUT2D eigenvalue weighted by Gasteiger charge is 2.35. The fraction of sp³-hybridized carbons (Fsp3) is 0.297. The molecule has 1 N–H and O–H groups in total. The average Bonchev–Trinajstić information content (AvgIpc) is 3.04. The molecule has 0 spiro atoms. The van der Waals surface area contributed by atoms with Crippen LogP contribution in [0.1, 0.15) is 47.6 Å². The van der Waals surface area contributed by atoms with Gasteiger partial charge in [-0.1, -0.05) is 103 Å². The van der Waals surface area contributed by atoms with E-state index in [0.717, 1.165) is 39.4 Å². The number of nitrogens with one attached hydrogen (secondary N) is 1. The molecule has 9 heteroatoms. The Labute approximate surface area is 278 Å². The predicted molar refractivity (Wildman–Crippen MR) is 185 cm³/mol. The highest BCUT2D eigenvalue weighted by Crippen LogP contribution is 2.30. The number of hydrogen-bond donors (Lipinski definition) is 1. The van der Waals surface area contributed by atoms with Crippen LogP contribution < -0.4 is 9.62 Å². The summed E-state index contributed by atoms with van der Waals surface area (Å²) >= 11 is 6.58. The van der Waals surface area contributed by atoms with Crippen LogP contribution in [0.2, 0.25) is 5.02 Å². The summed E-state index contributed by atoms with van der Waals surface area (Å²) in [7, 11) is -4.18. The molecule has 0 heterocycles. The molecule has 0 aliphatic rings. The van der Waals surface area contributed by atoms with Crippen molar-refractivity contribution in [3.63, 3.8) is 0 Å². The van der Waals surface area contributed by atoms with E-state index >= 15 is 0 Å². The van der Waals surface area contributed by atoms with Gasteiger partial charge in [0.25, 0.3) is 10.0 Å². The Hall–Kier alpha value is -4.14. The molecule has 4 aromatic carbocycles. The SMILES string of the molecule is CCCCNC(=O)[C@@H](Cc1ccccc1)N(Cc1ccccc1Cl)C(=O)CN(c1cccc(C)c1C)S(=O)(=O)c1ccc(C)cc1. The normalized spacial score (nSPS) is 11.9. The molecular weight excluding hydrogens is 618 g/mol. The van der Waals surface area contributed by atoms with E-state index in [0.29, 0.717) is 22.8 Å². The topological polar surface area (TPSA) is 86.8 Å². The van der Waals surface area contributed by atoms with Gasteiger partial charge in [-0.2, -0.15) is 0 Å². The van der Waals surface area contributed by atoms with Gasteiger partial charge in [0.2, 0.25) is 11.8 Å². The maximum absolute atomic E-state index is 14.6. The van der Waals surface area contributed by atoms with Crippen molar-refractivity contribution < 1.29 is 18.0 Å². The Bertz CT molecular complexity index is 1740. The number of unbranched alkanes of at least 4 members (excludes halogenated alkanes) is 1. The Morgan fingerprint density at radius 3 is 2.20 bits per heavy atom. The molecule has 2 amide bonds. The number of benzene rings is 4. The summed E-state index contributed by atoms with van der Waals surface area (Å²) < 4.78 is 29.8. The summed E-state index contributed by atoms with van der Waals surface area (Å²) in [4.78, 5) is 30.1. The Morgan fingerprint density at radius 1 is 0.848 bits per heavy atom. The predicted octanol–water partition coefficient (Wildman–Crippen LogP) is 7.02. The van der Waals surface area contributed by atoms with Crippen molar-refractivity contribution in [3.05, 3.63) is 130 Å². The number of halogens is 1. The largest absolute Gasteiger partial charge is 0.354 e. The van der Waals surface area contributed by atoms with Gasteiger partial charge >= 0.3 is 0 Å². The van der Waals surface area contributed by atoms with Gasteiger partial charge < -0.3 is 10.2 Å². The molecule has 0 saturated carbocycles. The second-order valence-corrected chi connectivity index (χ2v) is 13.8. The molecule has 0 radical (unpaired) electrons. The summed E-state index contributed by atoms with van der Waals surface area (Å²) in [6.07, 6.45) is 1.92. The van der Waals surface area contributed by atoms with Gasteiger partial charge in [-0.15, -0.1) is 0 Å². The van der Waals surface area contributed by atoms with E-state index in [1.165, 1.54) is 4.90 Å². The minimum Gasteiger partial charge on any atom is -0.354 e. The number of hydrogen-bond acceptors (Lipinski definition) is 4. The third kappa shape index (κ3) is 8.56. The number of carbonyl (C=O) groups is 2. The smallest absolute Gasteiger partial charge is 0.264 e. The first kappa shape index (κ1) is 34.7. The van der Waals surface area contributed by atoms with Crippen molar-refractivity contribution >= 4 is 39.1 Å². The average molecular weight is 660 g/mol. The number of sulfonamides is 1. The molecule has 46 heavy (non-hydrogen) atoms. The zero-order chi connectivity index (χ0) is 33.3. The van der Waals surface area contributed by atoms with E-state index in [4.69, 9.17) is 11.6 Å². The van der Waals surface area contributed by atoms with Crippen molar-refractivity contribution in [2.45, 2.75) is 64.4 Å². The minimum atomic E-state index is -4.18. The highest BCUT2D eigenvalue weighted by molar-refractivity contribution is 7.92. The molecule has 0 saturated heterocycles. The molecule has 0 aliphatic carbocycles. The Kier molecular flexibility index (Phi) is 12.0. The minimum absolute atomic E-state index is 0.0163. The number of aryl methyl sites for hydroxylation is 2. The molecule has 0 fully saturated rings. The Morgan fingerprint density at radius 2 is 1.52 bits per heavy atom. The molecule has 0 unspecified atom stereocenters. The third-order valence-electron chi connectivity index (χ3n) is 8.13. The lowest BCUT2D eigenvalue weighted by Crippen LogP contribution is -2.53. The zero-order valence-electron chi connectivity index (χ0n) is 26.9. The number of nitrogens with zero attached hydrogens (tertiary/aromatic N) is 2. The summed E-state index contributed by atoms with van der Waals surface area (Å²) in [6, 6.07) is 27.7. The fourth-order valence-corrected chi connectivity index (χ4v) is 6.89. The molecule has 4 rings (SSSR count). The van der Waals surface area contributed by atoms with E-state index in [9.17, 15) is 18.0 Å². The van der Waals surface area contributed by atoms with E-state index in [1.54, 1.807) is 48.5 Å². The zero-order valence-corrected chi connectivity index (χ0v) is 28.4. The van der Waals surface area contributed by atoms with E-state index in [1.807, 2.05) is 76.2 Å². The van der Waals surface area contributed by atoms with Crippen LogP contribution in [0.5, 0.6) is 0 Å². The van der Waals surface area contributed by atoms with Crippen LogP contribution in [-0.4, -0.2) is 44.3 Å². The number of anilines is 1. The van der Waals surface area contributed by atoms with Crippen molar-refractivity contribution in [1.29, 1.82) is 0 Å². The maximum atomic E-state index is 14.6.